The van der Waals surface area contributed by atoms with Crippen LogP contribution in [0.5, 0.6) is 0 Å². The highest BCUT2D eigenvalue weighted by Gasteiger charge is 2.19. The summed E-state index contributed by atoms with van der Waals surface area (Å²) in [5, 5.41) is 6.31. The fraction of sp³-hybridized carbons (Fsp3) is 0.212. The molecule has 3 N–H and O–H groups in total. The first-order valence-electron chi connectivity index (χ1n) is 13.2. The molecule has 0 bridgehead atoms. The Morgan fingerprint density at radius 2 is 1.93 bits per heavy atom. The van der Waals surface area contributed by atoms with E-state index in [9.17, 15) is 0 Å². The Morgan fingerprint density at radius 1 is 1.15 bits per heavy atom. The van der Waals surface area contributed by atoms with Gasteiger partial charge in [-0.1, -0.05) is 39.1 Å². The van der Waals surface area contributed by atoms with Crippen molar-refractivity contribution in [3.8, 4) is 24.2 Å². The Morgan fingerprint density at radius 3 is 2.56 bits per heavy atom. The molecule has 4 heterocycles. The fourth-order valence-corrected chi connectivity index (χ4v) is 4.41. The first kappa shape index (κ1) is 30.5. The van der Waals surface area contributed by atoms with Crippen LogP contribution in [0.1, 0.15) is 44.1 Å². The molecule has 0 saturated carbocycles. The first-order valence-corrected chi connectivity index (χ1v) is 13.2. The number of allylic oxidation sites excluding steroid dienone is 5. The highest BCUT2D eigenvalue weighted by Crippen LogP contribution is 2.29. The van der Waals surface area contributed by atoms with Crippen molar-refractivity contribution in [2.75, 3.05) is 12.4 Å². The molecule has 4 aromatic heterocycles. The van der Waals surface area contributed by atoms with Gasteiger partial charge in [0.15, 0.2) is 0 Å². The Bertz CT molecular complexity index is 1590. The van der Waals surface area contributed by atoms with Crippen LogP contribution in [-0.2, 0) is 6.42 Å². The van der Waals surface area contributed by atoms with Gasteiger partial charge in [-0.3, -0.25) is 9.97 Å². The zero-order valence-corrected chi connectivity index (χ0v) is 24.0. The number of aromatic nitrogens is 5. The van der Waals surface area contributed by atoms with Gasteiger partial charge in [-0.25, -0.2) is 14.4 Å². The number of hydrogen-bond acceptors (Lipinski definition) is 6. The van der Waals surface area contributed by atoms with Gasteiger partial charge in [0, 0.05) is 54.6 Å². The molecule has 210 valence electrons. The maximum atomic E-state index is 16.2. The molecule has 4 rings (SSSR count). The van der Waals surface area contributed by atoms with E-state index in [2.05, 4.69) is 70.4 Å². The predicted octanol–water partition coefficient (Wildman–Crippen LogP) is 7.06. The zero-order chi connectivity index (χ0) is 29.9. The molecule has 0 unspecified atom stereocenters. The average molecular weight is 550 g/mol. The topological polar surface area (TPSA) is 91.4 Å². The molecular weight excluding hydrogens is 513 g/mol. The van der Waals surface area contributed by atoms with E-state index in [0.29, 0.717) is 45.5 Å². The number of nitrogens with zero attached hydrogens (tertiary/aromatic N) is 4. The van der Waals surface area contributed by atoms with E-state index in [-0.39, 0.29) is 12.2 Å². The van der Waals surface area contributed by atoms with Crippen LogP contribution >= 0.6 is 0 Å². The fourth-order valence-electron chi connectivity index (χ4n) is 4.41. The number of hydrogen-bond donors (Lipinski definition) is 3. The van der Waals surface area contributed by atoms with Gasteiger partial charge in [0.25, 0.3) is 0 Å². The van der Waals surface area contributed by atoms with E-state index in [0.717, 1.165) is 29.0 Å². The number of pyridine rings is 3. The normalized spacial score (nSPS) is 11.6. The molecule has 0 aliphatic rings. The molecule has 7 nitrogen and oxygen atoms in total. The third kappa shape index (κ3) is 7.34. The molecule has 8 heteroatoms. The van der Waals surface area contributed by atoms with E-state index in [1.807, 2.05) is 43.3 Å². The third-order valence-electron chi connectivity index (χ3n) is 6.18. The molecule has 0 spiro atoms. The van der Waals surface area contributed by atoms with Crippen molar-refractivity contribution in [2.45, 2.75) is 33.6 Å². The number of nitrogens with one attached hydrogen (secondary N) is 3. The number of fused-ring (bicyclic) bond motifs is 1. The average Bonchev–Trinajstić information content (AvgIpc) is 3.40. The SMILES string of the molecule is C#C.C=C/C(=C\C(=C/C)c1cnc(NC)c(Cc2nc3c(-c4ccccn4)nccc3[nH]2)c1F)NC(=C)CC(C)C. The number of anilines is 1. The largest absolute Gasteiger partial charge is 0.373 e. The third-order valence-corrected chi connectivity index (χ3v) is 6.18. The summed E-state index contributed by atoms with van der Waals surface area (Å²) in [5.74, 6) is 1.14. The second-order valence-electron chi connectivity index (χ2n) is 9.57. The summed E-state index contributed by atoms with van der Waals surface area (Å²) in [5.41, 5.74) is 5.95. The van der Waals surface area contributed by atoms with Crippen LogP contribution in [0.25, 0.3) is 28.0 Å². The lowest BCUT2D eigenvalue weighted by atomic mass is 10.0. The number of rotatable bonds is 11. The summed E-state index contributed by atoms with van der Waals surface area (Å²) in [4.78, 5) is 21.5. The maximum absolute atomic E-state index is 16.2. The van der Waals surface area contributed by atoms with Crippen LogP contribution < -0.4 is 10.6 Å². The quantitative estimate of drug-likeness (QED) is 0.137. The van der Waals surface area contributed by atoms with Gasteiger partial charge in [-0.15, -0.1) is 12.8 Å². The number of halogens is 1. The van der Waals surface area contributed by atoms with Gasteiger partial charge in [0.05, 0.1) is 11.2 Å². The van der Waals surface area contributed by atoms with Crippen molar-refractivity contribution in [3.05, 3.63) is 108 Å². The van der Waals surface area contributed by atoms with E-state index in [1.54, 1.807) is 31.7 Å². The lowest BCUT2D eigenvalue weighted by Gasteiger charge is -2.15. The van der Waals surface area contributed by atoms with E-state index >= 15 is 4.39 Å². The molecule has 0 atom stereocenters. The maximum Gasteiger partial charge on any atom is 0.139 e. The Labute approximate surface area is 241 Å². The monoisotopic (exact) mass is 549 g/mol. The van der Waals surface area contributed by atoms with Crippen LogP contribution in [0, 0.1) is 24.6 Å². The van der Waals surface area contributed by atoms with Crippen molar-refractivity contribution < 1.29 is 4.39 Å². The molecular formula is C33H36FN7. The standard InChI is InChI=1S/C31H34FN7.C2H2/c1-7-21(16-22(8-2)37-20(5)15-19(3)4)24-18-36-31(33-6)23(28(24)32)17-27-38-26-12-14-35-29(30(26)39-27)25-11-9-10-13-34-25;1-2/h7-14,16,18-19,37H,2,5,15,17H2,1,3-4,6H3,(H,33,36)(H,38,39);1-2H/b21-7+,22-16+;. The van der Waals surface area contributed by atoms with E-state index < -0.39 is 0 Å². The molecule has 4 aromatic rings. The first-order chi connectivity index (χ1) is 19.8. The summed E-state index contributed by atoms with van der Waals surface area (Å²) >= 11 is 0. The van der Waals surface area contributed by atoms with Crippen molar-refractivity contribution in [1.29, 1.82) is 0 Å². The van der Waals surface area contributed by atoms with E-state index in [4.69, 9.17) is 4.98 Å². The summed E-state index contributed by atoms with van der Waals surface area (Å²) in [7, 11) is 1.73. The van der Waals surface area contributed by atoms with Gasteiger partial charge in [0.1, 0.15) is 28.7 Å². The summed E-state index contributed by atoms with van der Waals surface area (Å²) in [6, 6.07) is 7.50. The molecule has 0 saturated heterocycles. The van der Waals surface area contributed by atoms with Gasteiger partial charge in [-0.2, -0.15) is 0 Å². The summed E-state index contributed by atoms with van der Waals surface area (Å²) in [6.07, 6.45) is 19.4. The van der Waals surface area contributed by atoms with Gasteiger partial charge >= 0.3 is 0 Å². The van der Waals surface area contributed by atoms with Crippen LogP contribution in [0.15, 0.2) is 85.6 Å². The molecule has 0 fully saturated rings. The number of aromatic amines is 1. The molecule has 0 radical (unpaired) electrons. The Kier molecular flexibility index (Phi) is 10.7. The van der Waals surface area contributed by atoms with Crippen LogP contribution in [0.3, 0.4) is 0 Å². The second-order valence-corrected chi connectivity index (χ2v) is 9.57. The van der Waals surface area contributed by atoms with Gasteiger partial charge in [0.2, 0.25) is 0 Å². The smallest absolute Gasteiger partial charge is 0.139 e. The minimum Gasteiger partial charge on any atom is -0.373 e. The lowest BCUT2D eigenvalue weighted by molar-refractivity contribution is 0.607. The van der Waals surface area contributed by atoms with E-state index in [1.165, 1.54) is 0 Å². The number of terminal acetylenes is 1. The molecule has 41 heavy (non-hydrogen) atoms. The number of imidazole rings is 1. The summed E-state index contributed by atoms with van der Waals surface area (Å²) < 4.78 is 16.2. The lowest BCUT2D eigenvalue weighted by Crippen LogP contribution is -2.12. The van der Waals surface area contributed by atoms with Crippen molar-refractivity contribution in [3.63, 3.8) is 0 Å². The molecule has 0 aliphatic heterocycles. The van der Waals surface area contributed by atoms with Crippen molar-refractivity contribution in [2.24, 2.45) is 5.92 Å². The highest BCUT2D eigenvalue weighted by molar-refractivity contribution is 5.88. The van der Waals surface area contributed by atoms with Crippen molar-refractivity contribution >= 4 is 22.4 Å². The molecule has 0 aliphatic carbocycles. The van der Waals surface area contributed by atoms with Crippen molar-refractivity contribution in [1.82, 2.24) is 30.2 Å². The Hall–Kier alpha value is -5.03. The summed E-state index contributed by atoms with van der Waals surface area (Å²) in [6.45, 7) is 14.1. The minimum absolute atomic E-state index is 0.206. The zero-order valence-electron chi connectivity index (χ0n) is 24.0. The van der Waals surface area contributed by atoms with Gasteiger partial charge in [-0.05, 0) is 55.2 Å². The minimum atomic E-state index is -0.369. The van der Waals surface area contributed by atoms with Gasteiger partial charge < -0.3 is 15.6 Å². The second kappa shape index (κ2) is 14.4. The molecule has 0 amide bonds. The highest BCUT2D eigenvalue weighted by atomic mass is 19.1. The predicted molar refractivity (Wildman–Crippen MR) is 167 cm³/mol. The molecule has 0 aromatic carbocycles. The van der Waals surface area contributed by atoms with Crippen LogP contribution in [0.4, 0.5) is 10.2 Å². The Balaban J connectivity index is 0.00000226. The van der Waals surface area contributed by atoms with Crippen LogP contribution in [0.2, 0.25) is 0 Å². The number of H-pyrrole nitrogens is 1. The van der Waals surface area contributed by atoms with Crippen LogP contribution in [-0.4, -0.2) is 32.0 Å².